The summed E-state index contributed by atoms with van der Waals surface area (Å²) >= 11 is 0. The fourth-order valence-electron chi connectivity index (χ4n) is 5.83. The lowest BCUT2D eigenvalue weighted by atomic mass is 10.0. The minimum atomic E-state index is -1.01. The number of aliphatic carboxylic acids is 1. The van der Waals surface area contributed by atoms with E-state index in [1.165, 1.54) is 109 Å². The number of allylic oxidation sites excluding steroid dienone is 1. The van der Waals surface area contributed by atoms with Gasteiger partial charge in [0.2, 0.25) is 5.91 Å². The number of hydrogen-bond donors (Lipinski definition) is 3. The Kier molecular flexibility index (Phi) is 33.0. The molecular weight excluding hydrogens is 576 g/mol. The first-order valence-corrected chi connectivity index (χ1v) is 19.5. The van der Waals surface area contributed by atoms with E-state index in [0.29, 0.717) is 38.6 Å². The molecule has 0 spiro atoms. The van der Waals surface area contributed by atoms with Crippen molar-refractivity contribution in [2.45, 2.75) is 212 Å². The van der Waals surface area contributed by atoms with E-state index in [4.69, 9.17) is 10.5 Å². The molecule has 0 aliphatic rings. The molecule has 4 N–H and O–H groups in total. The van der Waals surface area contributed by atoms with Crippen molar-refractivity contribution in [1.29, 1.82) is 0 Å². The summed E-state index contributed by atoms with van der Waals surface area (Å²) in [5, 5.41) is 11.9. The Morgan fingerprint density at radius 1 is 0.630 bits per heavy atom. The van der Waals surface area contributed by atoms with E-state index in [2.05, 4.69) is 31.3 Å². The van der Waals surface area contributed by atoms with Crippen LogP contribution in [0, 0.1) is 0 Å². The van der Waals surface area contributed by atoms with Gasteiger partial charge in [-0.15, -0.1) is 0 Å². The normalized spacial score (nSPS) is 12.8. The highest BCUT2D eigenvalue weighted by atomic mass is 16.5. The molecule has 1 amide bonds. The first-order valence-electron chi connectivity index (χ1n) is 19.5. The molecule has 2 unspecified atom stereocenters. The molecule has 0 radical (unpaired) electrons. The van der Waals surface area contributed by atoms with Crippen LogP contribution >= 0.6 is 0 Å². The third-order valence-electron chi connectivity index (χ3n) is 8.82. The number of carbonyl (C=O) groups excluding carboxylic acids is 2. The number of carboxylic acids is 1. The van der Waals surface area contributed by atoms with Crippen molar-refractivity contribution in [1.82, 2.24) is 5.32 Å². The highest BCUT2D eigenvalue weighted by Crippen LogP contribution is 2.16. The molecule has 0 saturated carbocycles. The maximum Gasteiger partial charge on any atom is 0.326 e. The number of amides is 1. The Bertz CT molecular complexity index is 742. The van der Waals surface area contributed by atoms with Crippen LogP contribution in [0.4, 0.5) is 0 Å². The van der Waals surface area contributed by atoms with Gasteiger partial charge in [0.1, 0.15) is 12.1 Å². The molecule has 0 heterocycles. The molecule has 0 bridgehead atoms. The average molecular weight is 651 g/mol. The summed E-state index contributed by atoms with van der Waals surface area (Å²) in [4.78, 5) is 36.2. The summed E-state index contributed by atoms with van der Waals surface area (Å²) in [5.41, 5.74) is 5.47. The number of rotatable bonds is 35. The molecule has 0 aliphatic carbocycles. The minimum Gasteiger partial charge on any atom is -0.480 e. The van der Waals surface area contributed by atoms with Crippen molar-refractivity contribution in [3.8, 4) is 0 Å². The molecule has 0 rings (SSSR count). The van der Waals surface area contributed by atoms with Gasteiger partial charge in [-0.3, -0.25) is 9.59 Å². The van der Waals surface area contributed by atoms with E-state index in [-0.39, 0.29) is 18.0 Å². The van der Waals surface area contributed by atoms with Gasteiger partial charge in [-0.1, -0.05) is 142 Å². The summed E-state index contributed by atoms with van der Waals surface area (Å²) in [7, 11) is 0. The molecule has 46 heavy (non-hydrogen) atoms. The van der Waals surface area contributed by atoms with Gasteiger partial charge in [-0.05, 0) is 64.0 Å². The summed E-state index contributed by atoms with van der Waals surface area (Å²) < 4.78 is 5.91. The Balaban J connectivity index is 4.30. The average Bonchev–Trinajstić information content (AvgIpc) is 3.04. The zero-order valence-corrected chi connectivity index (χ0v) is 30.2. The van der Waals surface area contributed by atoms with Gasteiger partial charge in [0.25, 0.3) is 0 Å². The predicted octanol–water partition coefficient (Wildman–Crippen LogP) is 10.3. The molecule has 0 aromatic carbocycles. The summed E-state index contributed by atoms with van der Waals surface area (Å²) in [5.74, 6) is -1.32. The Labute approximate surface area is 283 Å². The quantitative estimate of drug-likeness (QED) is 0.0357. The zero-order valence-electron chi connectivity index (χ0n) is 30.2. The van der Waals surface area contributed by atoms with Crippen molar-refractivity contribution < 1.29 is 24.2 Å². The molecule has 0 aliphatic heterocycles. The Morgan fingerprint density at radius 2 is 1.11 bits per heavy atom. The SMILES string of the molecule is CCCCCCCC/C=C\C(CCCCCCC(=O)NC(CCCN)C(=O)O)OC(=O)CCCCCCCCCCCCCCC. The number of hydrogen-bond acceptors (Lipinski definition) is 5. The highest BCUT2D eigenvalue weighted by Gasteiger charge is 2.19. The molecule has 0 saturated heterocycles. The molecule has 2 atom stereocenters. The molecule has 0 aromatic rings. The van der Waals surface area contributed by atoms with E-state index in [1.54, 1.807) is 0 Å². The van der Waals surface area contributed by atoms with Gasteiger partial charge in [-0.2, -0.15) is 0 Å². The predicted molar refractivity (Wildman–Crippen MR) is 193 cm³/mol. The van der Waals surface area contributed by atoms with Gasteiger partial charge >= 0.3 is 11.9 Å². The van der Waals surface area contributed by atoms with Crippen molar-refractivity contribution in [2.75, 3.05) is 6.54 Å². The van der Waals surface area contributed by atoms with Crippen LogP contribution in [0.25, 0.3) is 0 Å². The van der Waals surface area contributed by atoms with Crippen molar-refractivity contribution in [2.24, 2.45) is 5.73 Å². The topological polar surface area (TPSA) is 119 Å². The van der Waals surface area contributed by atoms with E-state index in [9.17, 15) is 19.5 Å². The number of unbranched alkanes of at least 4 members (excludes halogenated alkanes) is 21. The first kappa shape index (κ1) is 44.1. The van der Waals surface area contributed by atoms with Crippen LogP contribution in [0.3, 0.4) is 0 Å². The summed E-state index contributed by atoms with van der Waals surface area (Å²) in [6, 6.07) is -0.866. The highest BCUT2D eigenvalue weighted by molar-refractivity contribution is 5.83. The second-order valence-electron chi connectivity index (χ2n) is 13.3. The third kappa shape index (κ3) is 30.7. The fourth-order valence-corrected chi connectivity index (χ4v) is 5.83. The Hall–Kier alpha value is -1.89. The van der Waals surface area contributed by atoms with Crippen LogP contribution in [0.5, 0.6) is 0 Å². The van der Waals surface area contributed by atoms with Crippen LogP contribution in [0.2, 0.25) is 0 Å². The largest absolute Gasteiger partial charge is 0.480 e. The standard InChI is InChI=1S/C39H74N2O5/c1-3-5-7-9-11-13-14-15-16-17-19-21-27-33-38(43)46-35(29-24-20-18-12-10-8-6-4-2)30-25-22-23-26-32-37(42)41-36(39(44)45)31-28-34-40/h24,29,35-36H,3-23,25-28,30-34,40H2,1-2H3,(H,41,42)(H,44,45)/b29-24-. The number of carbonyl (C=O) groups is 3. The van der Waals surface area contributed by atoms with Crippen LogP contribution in [0.15, 0.2) is 12.2 Å². The number of nitrogens with two attached hydrogens (primary N) is 1. The lowest BCUT2D eigenvalue weighted by molar-refractivity contribution is -0.147. The van der Waals surface area contributed by atoms with Crippen molar-refractivity contribution >= 4 is 17.8 Å². The zero-order chi connectivity index (χ0) is 33.9. The van der Waals surface area contributed by atoms with Gasteiger partial charge < -0.3 is 20.9 Å². The first-order chi connectivity index (χ1) is 22.4. The second kappa shape index (κ2) is 34.4. The van der Waals surface area contributed by atoms with Crippen molar-refractivity contribution in [3.05, 3.63) is 12.2 Å². The van der Waals surface area contributed by atoms with Gasteiger partial charge in [-0.25, -0.2) is 4.79 Å². The molecule has 270 valence electrons. The van der Waals surface area contributed by atoms with Crippen molar-refractivity contribution in [3.63, 3.8) is 0 Å². The lowest BCUT2D eigenvalue weighted by Crippen LogP contribution is -2.40. The molecule has 0 fully saturated rings. The molecule has 0 aromatic heterocycles. The van der Waals surface area contributed by atoms with Crippen LogP contribution in [-0.4, -0.2) is 41.6 Å². The van der Waals surface area contributed by atoms with E-state index < -0.39 is 12.0 Å². The summed E-state index contributed by atoms with van der Waals surface area (Å²) in [6.07, 6.45) is 35.5. The molecule has 7 heteroatoms. The maximum absolute atomic E-state index is 12.7. The Morgan fingerprint density at radius 3 is 1.63 bits per heavy atom. The van der Waals surface area contributed by atoms with E-state index in [0.717, 1.165) is 44.9 Å². The van der Waals surface area contributed by atoms with Crippen LogP contribution in [-0.2, 0) is 19.1 Å². The van der Waals surface area contributed by atoms with E-state index in [1.807, 2.05) is 0 Å². The van der Waals surface area contributed by atoms with Gasteiger partial charge in [0, 0.05) is 12.8 Å². The minimum absolute atomic E-state index is 0.0865. The van der Waals surface area contributed by atoms with Gasteiger partial charge in [0.05, 0.1) is 0 Å². The number of ether oxygens (including phenoxy) is 1. The monoisotopic (exact) mass is 651 g/mol. The molecule has 7 nitrogen and oxygen atoms in total. The number of nitrogens with one attached hydrogen (secondary N) is 1. The number of esters is 1. The number of carboxylic acid groups (broad SMARTS) is 1. The maximum atomic E-state index is 12.7. The second-order valence-corrected chi connectivity index (χ2v) is 13.3. The van der Waals surface area contributed by atoms with Gasteiger partial charge in [0.15, 0.2) is 0 Å². The smallest absolute Gasteiger partial charge is 0.326 e. The lowest BCUT2D eigenvalue weighted by Gasteiger charge is -2.15. The molecular formula is C39H74N2O5. The fraction of sp³-hybridized carbons (Fsp3) is 0.872. The third-order valence-corrected chi connectivity index (χ3v) is 8.82. The van der Waals surface area contributed by atoms with E-state index >= 15 is 0 Å². The van der Waals surface area contributed by atoms with Crippen LogP contribution < -0.4 is 11.1 Å². The van der Waals surface area contributed by atoms with Crippen LogP contribution in [0.1, 0.15) is 200 Å². The summed E-state index contributed by atoms with van der Waals surface area (Å²) in [6.45, 7) is 4.91.